The van der Waals surface area contributed by atoms with Crippen molar-refractivity contribution in [3.8, 4) is 0 Å². The van der Waals surface area contributed by atoms with E-state index < -0.39 is 46.5 Å². The van der Waals surface area contributed by atoms with Crippen LogP contribution in [0.15, 0.2) is 134 Å². The first-order chi connectivity index (χ1) is 30.6. The molecule has 8 rings (SSSR count). The summed E-state index contributed by atoms with van der Waals surface area (Å²) < 4.78 is 51.3. The summed E-state index contributed by atoms with van der Waals surface area (Å²) in [5.74, 6) is -1.22. The van der Waals surface area contributed by atoms with Gasteiger partial charge in [0.2, 0.25) is 10.0 Å². The summed E-state index contributed by atoms with van der Waals surface area (Å²) in [6.45, 7) is 6.20. The number of esters is 2. The summed E-state index contributed by atoms with van der Waals surface area (Å²) in [6, 6.07) is 37.0. The first-order valence-electron chi connectivity index (χ1n) is 20.7. The van der Waals surface area contributed by atoms with Gasteiger partial charge in [0, 0.05) is 19.0 Å². The van der Waals surface area contributed by atoms with Crippen LogP contribution in [-0.4, -0.2) is 79.4 Å². The van der Waals surface area contributed by atoms with Gasteiger partial charge in [-0.1, -0.05) is 116 Å². The van der Waals surface area contributed by atoms with E-state index in [2.05, 4.69) is 44.6 Å². The predicted molar refractivity (Wildman–Crippen MR) is 234 cm³/mol. The number of sulfonamides is 1. The quantitative estimate of drug-likeness (QED) is 0.0946. The highest BCUT2D eigenvalue weighted by Crippen LogP contribution is 2.43. The van der Waals surface area contributed by atoms with Crippen LogP contribution in [0.2, 0.25) is 0 Å². The minimum atomic E-state index is -3.70. The van der Waals surface area contributed by atoms with E-state index in [0.29, 0.717) is 30.1 Å². The second-order valence-corrected chi connectivity index (χ2v) is 17.3. The van der Waals surface area contributed by atoms with Gasteiger partial charge in [-0.3, -0.25) is 9.25 Å². The van der Waals surface area contributed by atoms with Crippen molar-refractivity contribution in [2.45, 2.75) is 64.3 Å². The van der Waals surface area contributed by atoms with Crippen LogP contribution in [0.25, 0.3) is 11.2 Å². The van der Waals surface area contributed by atoms with Gasteiger partial charge >= 0.3 is 11.9 Å². The Morgan fingerprint density at radius 1 is 0.794 bits per heavy atom. The van der Waals surface area contributed by atoms with Gasteiger partial charge in [0.1, 0.15) is 17.6 Å². The number of carbonyl (C=O) groups is 2. The van der Waals surface area contributed by atoms with Gasteiger partial charge in [-0.2, -0.15) is 0 Å². The molecule has 4 heterocycles. The Balaban J connectivity index is 1.23. The van der Waals surface area contributed by atoms with Crippen molar-refractivity contribution in [2.75, 3.05) is 17.6 Å². The smallest absolute Gasteiger partial charge is 0.338 e. The van der Waals surface area contributed by atoms with E-state index in [-0.39, 0.29) is 46.7 Å². The summed E-state index contributed by atoms with van der Waals surface area (Å²) in [4.78, 5) is 42.2. The molecule has 4 unspecified atom stereocenters. The molecule has 324 valence electrons. The Labute approximate surface area is 364 Å². The zero-order valence-electron chi connectivity index (χ0n) is 34.9. The minimum absolute atomic E-state index is 0.0916. The number of imidazole rings is 1. The molecule has 1 saturated heterocycles. The molecule has 0 aliphatic carbocycles. The number of benzene rings is 4. The Morgan fingerprint density at radius 2 is 1.37 bits per heavy atom. The van der Waals surface area contributed by atoms with E-state index in [1.807, 2.05) is 57.2 Å². The summed E-state index contributed by atoms with van der Waals surface area (Å²) in [5.41, 5.74) is 3.57. The molecule has 1 fully saturated rings. The molecule has 17 heteroatoms. The molecular weight excluding hydrogens is 823 g/mol. The number of fused-ring (bicyclic) bond motifs is 1. The van der Waals surface area contributed by atoms with E-state index in [1.165, 1.54) is 6.33 Å². The second kappa shape index (κ2) is 19.1. The molecule has 1 aliphatic rings. The Bertz CT molecular complexity index is 2710. The van der Waals surface area contributed by atoms with Crippen LogP contribution in [0.3, 0.4) is 0 Å². The van der Waals surface area contributed by atoms with Crippen LogP contribution < -0.4 is 10.0 Å². The number of hydrogen-bond acceptors (Lipinski definition) is 13. The largest absolute Gasteiger partial charge is 0.451 e. The number of aryl methyl sites for hydroxylation is 1. The molecule has 3 aromatic heterocycles. The number of nitrogens with zero attached hydrogens (tertiary/aromatic N) is 7. The van der Waals surface area contributed by atoms with E-state index in [9.17, 15) is 18.0 Å². The maximum atomic E-state index is 13.9. The number of anilines is 1. The van der Waals surface area contributed by atoms with Crippen molar-refractivity contribution in [3.05, 3.63) is 168 Å². The normalized spacial score (nSPS) is 17.6. The fraction of sp³-hybridized carbons (Fsp3) is 0.283. The number of carbonyl (C=O) groups excluding carboxylic acids is 2. The lowest BCUT2D eigenvalue weighted by molar-refractivity contribution is -0.0494. The second-order valence-electron chi connectivity index (χ2n) is 15.5. The van der Waals surface area contributed by atoms with Crippen molar-refractivity contribution in [1.29, 1.82) is 0 Å². The number of hydrogen-bond donors (Lipinski definition) is 2. The van der Waals surface area contributed by atoms with Crippen molar-refractivity contribution >= 4 is 38.9 Å². The first-order valence-corrected chi connectivity index (χ1v) is 22.3. The lowest BCUT2D eigenvalue weighted by Crippen LogP contribution is -2.37. The van der Waals surface area contributed by atoms with Gasteiger partial charge in [0.05, 0.1) is 35.9 Å². The number of nitrogens with one attached hydrogen (secondary N) is 2. The van der Waals surface area contributed by atoms with Crippen LogP contribution >= 0.6 is 0 Å². The molecule has 0 amide bonds. The third kappa shape index (κ3) is 9.96. The first kappa shape index (κ1) is 42.9. The summed E-state index contributed by atoms with van der Waals surface area (Å²) in [7, 11) is -3.70. The molecular formula is C46H47N9O7S. The highest BCUT2D eigenvalue weighted by atomic mass is 32.2. The molecule has 0 spiro atoms. The van der Waals surface area contributed by atoms with Crippen molar-refractivity contribution in [1.82, 2.24) is 39.2 Å². The van der Waals surface area contributed by atoms with Gasteiger partial charge in [0.15, 0.2) is 35.4 Å². The van der Waals surface area contributed by atoms with E-state index in [1.54, 1.807) is 76.1 Å². The molecule has 4 atom stereocenters. The molecule has 16 nitrogen and oxygen atoms in total. The number of aromatic nitrogens is 7. The minimum Gasteiger partial charge on any atom is -0.451 e. The van der Waals surface area contributed by atoms with Crippen molar-refractivity contribution in [2.24, 2.45) is 5.92 Å². The maximum absolute atomic E-state index is 13.9. The number of ether oxygens (including phenoxy) is 3. The average Bonchev–Trinajstić information content (AvgIpc) is 4.04. The zero-order valence-corrected chi connectivity index (χ0v) is 35.7. The van der Waals surface area contributed by atoms with Crippen molar-refractivity contribution < 1.29 is 32.2 Å². The standard InChI is InChI=1S/C46H47N9O7S/c1-4-54-27-36(52-53-54)39-40(61-45(56)33-21-13-7-14-22-33)41(62-46(57)34-23-15-8-16-24-34)44(60-39)55-29-48-38-42(50-37(51-43(38)55)26-49-63(58,59)28-30(2)3)47-25-35(31-17-9-5-10-18-31)32-19-11-6-12-20-32/h5-24,27,29-30,35,39-41,44,49H,4,25-26,28H2,1-3H3,(H,47,50,51). The van der Waals surface area contributed by atoms with E-state index in [4.69, 9.17) is 29.2 Å². The van der Waals surface area contributed by atoms with E-state index in [0.717, 1.165) is 11.1 Å². The Kier molecular flexibility index (Phi) is 13.0. The van der Waals surface area contributed by atoms with Gasteiger partial charge in [-0.25, -0.2) is 37.7 Å². The molecule has 0 bridgehead atoms. The fourth-order valence-electron chi connectivity index (χ4n) is 7.51. The lowest BCUT2D eigenvalue weighted by atomic mass is 9.91. The molecule has 1 aliphatic heterocycles. The van der Waals surface area contributed by atoms with Gasteiger partial charge in [-0.05, 0) is 48.2 Å². The molecule has 0 saturated carbocycles. The highest BCUT2D eigenvalue weighted by Gasteiger charge is 2.53. The Hall–Kier alpha value is -6.82. The van der Waals surface area contributed by atoms with Gasteiger partial charge in [-0.15, -0.1) is 5.10 Å². The highest BCUT2D eigenvalue weighted by molar-refractivity contribution is 7.89. The van der Waals surface area contributed by atoms with E-state index >= 15 is 0 Å². The molecule has 0 radical (unpaired) electrons. The van der Waals surface area contributed by atoms with Gasteiger partial charge in [0.25, 0.3) is 0 Å². The topological polar surface area (TPSA) is 194 Å². The molecule has 2 N–H and O–H groups in total. The zero-order chi connectivity index (χ0) is 43.9. The van der Waals surface area contributed by atoms with Crippen LogP contribution in [-0.2, 0) is 37.3 Å². The predicted octanol–water partition coefficient (Wildman–Crippen LogP) is 6.48. The third-order valence-electron chi connectivity index (χ3n) is 10.5. The fourth-order valence-corrected chi connectivity index (χ4v) is 8.85. The van der Waals surface area contributed by atoms with Crippen LogP contribution in [0.4, 0.5) is 5.82 Å². The molecule has 7 aromatic rings. The summed E-state index contributed by atoms with van der Waals surface area (Å²) >= 11 is 0. The van der Waals surface area contributed by atoms with Crippen LogP contribution in [0.5, 0.6) is 0 Å². The monoisotopic (exact) mass is 869 g/mol. The van der Waals surface area contributed by atoms with Crippen molar-refractivity contribution in [3.63, 3.8) is 0 Å². The SMILES string of the molecule is CCn1cc(C2OC(n3cnc4c(NCC(c5ccccc5)c5ccccc5)nc(CNS(=O)(=O)CC(C)C)nc43)C(OC(=O)c3ccccc3)C2OC(=O)c2ccccc2)nn1. The lowest BCUT2D eigenvalue weighted by Gasteiger charge is -2.24. The van der Waals surface area contributed by atoms with Crippen LogP contribution in [0.1, 0.15) is 82.4 Å². The van der Waals surface area contributed by atoms with Crippen LogP contribution in [0, 0.1) is 5.92 Å². The maximum Gasteiger partial charge on any atom is 0.338 e. The molecule has 4 aromatic carbocycles. The summed E-state index contributed by atoms with van der Waals surface area (Å²) in [6.07, 6.45) is -1.65. The number of rotatable bonds is 17. The Morgan fingerprint density at radius 3 is 1.92 bits per heavy atom. The summed E-state index contributed by atoms with van der Waals surface area (Å²) in [5, 5.41) is 12.1. The molecule has 63 heavy (non-hydrogen) atoms. The van der Waals surface area contributed by atoms with Gasteiger partial charge < -0.3 is 19.5 Å². The third-order valence-corrected chi connectivity index (χ3v) is 12.2. The average molecular weight is 870 g/mol.